The van der Waals surface area contributed by atoms with Gasteiger partial charge < -0.3 is 10.1 Å². The van der Waals surface area contributed by atoms with E-state index in [0.717, 1.165) is 44.6 Å². The average Bonchev–Trinajstić information content (AvgIpc) is 2.67. The van der Waals surface area contributed by atoms with Gasteiger partial charge >= 0.3 is 0 Å². The Balaban J connectivity index is 0.000000504. The maximum absolute atomic E-state index is 11.6. The van der Waals surface area contributed by atoms with E-state index in [2.05, 4.69) is 64.2 Å². The largest absolute Gasteiger partial charge is 0.494 e. The van der Waals surface area contributed by atoms with Gasteiger partial charge in [-0.3, -0.25) is 4.79 Å². The van der Waals surface area contributed by atoms with E-state index in [1.54, 1.807) is 0 Å². The van der Waals surface area contributed by atoms with E-state index >= 15 is 0 Å². The van der Waals surface area contributed by atoms with Gasteiger partial charge in [-0.05, 0) is 55.2 Å². The molecule has 1 aromatic rings. The first kappa shape index (κ1) is 23.5. The van der Waals surface area contributed by atoms with Crippen LogP contribution in [0.15, 0.2) is 24.3 Å². The summed E-state index contributed by atoms with van der Waals surface area (Å²) in [5, 5.41) is 3.01. The summed E-state index contributed by atoms with van der Waals surface area (Å²) < 4.78 is 5.62. The highest BCUT2D eigenvalue weighted by atomic mass is 16.5. The molecule has 1 aliphatic rings. The van der Waals surface area contributed by atoms with Crippen LogP contribution in [-0.4, -0.2) is 19.1 Å². The van der Waals surface area contributed by atoms with Crippen molar-refractivity contribution in [1.29, 1.82) is 0 Å². The molecule has 1 N–H and O–H groups in total. The molecule has 1 amide bonds. The second kappa shape index (κ2) is 13.6. The van der Waals surface area contributed by atoms with E-state index in [0.29, 0.717) is 17.8 Å². The van der Waals surface area contributed by atoms with Gasteiger partial charge in [-0.25, -0.2) is 0 Å². The average molecular weight is 378 g/mol. The Kier molecular flexibility index (Phi) is 11.9. The standard InChI is InChI=1S/C13H20O.C11H21NO.H2/c1-4-12-5-7-13(8-6-12)14-10-9-11(2)3;1-9(2)8-12-11(13)10-6-4-3-5-7-10;/h5-8,11H,4,9-10H2,1-3H3;9-10H,3-8H2,1-2H3,(H,12,13);1H. The zero-order chi connectivity index (χ0) is 20.1. The quantitative estimate of drug-likeness (QED) is 0.580. The molecule has 0 unspecified atom stereocenters. The summed E-state index contributed by atoms with van der Waals surface area (Å²) in [5.41, 5.74) is 1.36. The molecule has 1 aliphatic carbocycles. The van der Waals surface area contributed by atoms with Crippen LogP contribution in [0.1, 0.15) is 80.1 Å². The van der Waals surface area contributed by atoms with E-state index in [4.69, 9.17) is 4.74 Å². The van der Waals surface area contributed by atoms with Crippen molar-refractivity contribution >= 4 is 5.91 Å². The minimum Gasteiger partial charge on any atom is -0.494 e. The number of hydrogen-bond acceptors (Lipinski definition) is 2. The van der Waals surface area contributed by atoms with E-state index in [1.165, 1.54) is 24.8 Å². The van der Waals surface area contributed by atoms with Gasteiger partial charge in [0, 0.05) is 13.9 Å². The van der Waals surface area contributed by atoms with Gasteiger partial charge in [0.05, 0.1) is 6.61 Å². The number of nitrogens with one attached hydrogen (secondary N) is 1. The molecular weight excluding hydrogens is 334 g/mol. The lowest BCUT2D eigenvalue weighted by atomic mass is 9.88. The second-order valence-electron chi connectivity index (χ2n) is 8.50. The summed E-state index contributed by atoms with van der Waals surface area (Å²) in [7, 11) is 0. The Labute approximate surface area is 168 Å². The zero-order valence-electron chi connectivity index (χ0n) is 18.2. The summed E-state index contributed by atoms with van der Waals surface area (Å²) in [5.74, 6) is 2.86. The Morgan fingerprint density at radius 3 is 2.22 bits per heavy atom. The van der Waals surface area contributed by atoms with Gasteiger partial charge in [0.25, 0.3) is 0 Å². The lowest BCUT2D eigenvalue weighted by Crippen LogP contribution is -2.34. The fraction of sp³-hybridized carbons (Fsp3) is 0.708. The van der Waals surface area contributed by atoms with Crippen LogP contribution >= 0.6 is 0 Å². The lowest BCUT2D eigenvalue weighted by Gasteiger charge is -2.21. The van der Waals surface area contributed by atoms with Crippen LogP contribution in [0.4, 0.5) is 0 Å². The molecule has 3 nitrogen and oxygen atoms in total. The molecule has 0 atom stereocenters. The van der Waals surface area contributed by atoms with Gasteiger partial charge in [-0.1, -0.05) is 66.0 Å². The first-order valence-corrected chi connectivity index (χ1v) is 10.9. The molecule has 0 spiro atoms. The fourth-order valence-electron chi connectivity index (χ4n) is 3.05. The maximum Gasteiger partial charge on any atom is 0.223 e. The van der Waals surface area contributed by atoms with Crippen LogP contribution in [0.25, 0.3) is 0 Å². The number of carbonyl (C=O) groups excluding carboxylic acids is 1. The van der Waals surface area contributed by atoms with Crippen molar-refractivity contribution in [2.45, 2.75) is 79.6 Å². The lowest BCUT2D eigenvalue weighted by molar-refractivity contribution is -0.126. The van der Waals surface area contributed by atoms with E-state index in [-0.39, 0.29) is 7.33 Å². The van der Waals surface area contributed by atoms with Gasteiger partial charge in [0.15, 0.2) is 0 Å². The Morgan fingerprint density at radius 1 is 1.07 bits per heavy atom. The van der Waals surface area contributed by atoms with Gasteiger partial charge in [-0.15, -0.1) is 0 Å². The molecule has 156 valence electrons. The fourth-order valence-corrected chi connectivity index (χ4v) is 3.05. The molecule has 0 aromatic heterocycles. The van der Waals surface area contributed by atoms with Crippen LogP contribution in [0.2, 0.25) is 0 Å². The number of aryl methyl sites for hydroxylation is 1. The van der Waals surface area contributed by atoms with E-state index in [1.807, 2.05) is 0 Å². The molecule has 27 heavy (non-hydrogen) atoms. The predicted octanol–water partition coefficient (Wildman–Crippen LogP) is 6.26. The van der Waals surface area contributed by atoms with Crippen LogP contribution in [0.5, 0.6) is 5.75 Å². The number of hydrogen-bond donors (Lipinski definition) is 1. The van der Waals surface area contributed by atoms with Gasteiger partial charge in [0.2, 0.25) is 5.91 Å². The van der Waals surface area contributed by atoms with E-state index in [9.17, 15) is 4.79 Å². The minimum absolute atomic E-state index is 0. The molecule has 0 heterocycles. The van der Waals surface area contributed by atoms with Crippen molar-refractivity contribution < 1.29 is 11.0 Å². The molecule has 1 aromatic carbocycles. The number of rotatable bonds is 8. The highest BCUT2D eigenvalue weighted by Gasteiger charge is 2.20. The molecule has 0 bridgehead atoms. The smallest absolute Gasteiger partial charge is 0.223 e. The monoisotopic (exact) mass is 377 g/mol. The number of amides is 1. The molecule has 0 radical (unpaired) electrons. The second-order valence-corrected chi connectivity index (χ2v) is 8.50. The SMILES string of the molecule is CC(C)CNC(=O)C1CCCCC1.CCc1ccc(OCCC(C)C)cc1.[HH]. The number of benzene rings is 1. The van der Waals surface area contributed by atoms with Crippen LogP contribution < -0.4 is 10.1 Å². The first-order chi connectivity index (χ1) is 12.9. The molecule has 1 saturated carbocycles. The zero-order valence-corrected chi connectivity index (χ0v) is 18.2. The highest BCUT2D eigenvalue weighted by Crippen LogP contribution is 2.23. The third-order valence-electron chi connectivity index (χ3n) is 4.96. The Morgan fingerprint density at radius 2 is 1.70 bits per heavy atom. The van der Waals surface area contributed by atoms with Gasteiger partial charge in [0.1, 0.15) is 5.75 Å². The third-order valence-corrected chi connectivity index (χ3v) is 4.96. The summed E-state index contributed by atoms with van der Waals surface area (Å²) >= 11 is 0. The minimum atomic E-state index is 0. The van der Waals surface area contributed by atoms with Crippen molar-refractivity contribution in [2.24, 2.45) is 17.8 Å². The van der Waals surface area contributed by atoms with Gasteiger partial charge in [-0.2, -0.15) is 0 Å². The highest BCUT2D eigenvalue weighted by molar-refractivity contribution is 5.78. The third kappa shape index (κ3) is 11.0. The van der Waals surface area contributed by atoms with Crippen molar-refractivity contribution in [2.75, 3.05) is 13.2 Å². The van der Waals surface area contributed by atoms with Crippen LogP contribution in [-0.2, 0) is 11.2 Å². The van der Waals surface area contributed by atoms with Crippen molar-refractivity contribution in [3.63, 3.8) is 0 Å². The Bertz CT molecular complexity index is 508. The normalized spacial score (nSPS) is 14.6. The summed E-state index contributed by atoms with van der Waals surface area (Å²) in [6.07, 6.45) is 8.20. The van der Waals surface area contributed by atoms with Crippen molar-refractivity contribution in [1.82, 2.24) is 5.32 Å². The van der Waals surface area contributed by atoms with Crippen molar-refractivity contribution in [3.05, 3.63) is 29.8 Å². The molecule has 1 fully saturated rings. The summed E-state index contributed by atoms with van der Waals surface area (Å²) in [4.78, 5) is 11.6. The molecular formula is C24H43NO2. The van der Waals surface area contributed by atoms with Crippen LogP contribution in [0, 0.1) is 17.8 Å². The van der Waals surface area contributed by atoms with Crippen LogP contribution in [0.3, 0.4) is 0 Å². The first-order valence-electron chi connectivity index (χ1n) is 10.9. The van der Waals surface area contributed by atoms with Crippen molar-refractivity contribution in [3.8, 4) is 5.75 Å². The van der Waals surface area contributed by atoms with E-state index < -0.39 is 0 Å². The molecule has 3 heteroatoms. The topological polar surface area (TPSA) is 38.3 Å². The maximum atomic E-state index is 11.6. The summed E-state index contributed by atoms with van der Waals surface area (Å²) in [6.45, 7) is 12.5. The predicted molar refractivity (Wildman–Crippen MR) is 117 cm³/mol. The molecule has 0 saturated heterocycles. The summed E-state index contributed by atoms with van der Waals surface area (Å²) in [6, 6.07) is 8.37. The Hall–Kier alpha value is -1.51. The molecule has 0 aliphatic heterocycles. The number of carbonyl (C=O) groups is 1. The number of ether oxygens (including phenoxy) is 1. The molecule has 2 rings (SSSR count).